The number of piperidine rings is 1. The highest BCUT2D eigenvalue weighted by molar-refractivity contribution is 5.96. The highest BCUT2D eigenvalue weighted by Gasteiger charge is 2.20. The van der Waals surface area contributed by atoms with E-state index in [1.54, 1.807) is 13.0 Å². The number of rotatable bonds is 3. The minimum absolute atomic E-state index is 0.0954. The van der Waals surface area contributed by atoms with Crippen LogP contribution in [0.2, 0.25) is 0 Å². The van der Waals surface area contributed by atoms with Crippen LogP contribution in [0.3, 0.4) is 0 Å². The molecule has 2 rings (SSSR count). The summed E-state index contributed by atoms with van der Waals surface area (Å²) in [5, 5.41) is 3.28. The second kappa shape index (κ2) is 5.35. The number of hydrogen-bond donors (Lipinski definition) is 2. The number of amides is 1. The molecule has 1 aliphatic heterocycles. The minimum Gasteiger partial charge on any atom is -0.488 e. The first-order chi connectivity index (χ1) is 8.58. The Labute approximate surface area is 107 Å². The lowest BCUT2D eigenvalue weighted by molar-refractivity contribution is 0.0988. The van der Waals surface area contributed by atoms with E-state index in [0.29, 0.717) is 17.0 Å². The van der Waals surface area contributed by atoms with Crippen LogP contribution in [-0.2, 0) is 0 Å². The molecule has 1 fully saturated rings. The average Bonchev–Trinajstić information content (AvgIpc) is 2.28. The van der Waals surface area contributed by atoms with Crippen LogP contribution < -0.4 is 15.8 Å². The largest absolute Gasteiger partial charge is 0.488 e. The highest BCUT2D eigenvalue weighted by Crippen LogP contribution is 2.24. The lowest BCUT2D eigenvalue weighted by Crippen LogP contribution is -2.37. The Morgan fingerprint density at radius 1 is 1.56 bits per heavy atom. The predicted octanol–water partition coefficient (Wildman–Crippen LogP) is 0.928. The molecule has 98 valence electrons. The van der Waals surface area contributed by atoms with Gasteiger partial charge in [-0.2, -0.15) is 0 Å². The van der Waals surface area contributed by atoms with Gasteiger partial charge in [0.05, 0.1) is 5.69 Å². The first-order valence-electron chi connectivity index (χ1n) is 6.23. The molecule has 1 atom stereocenters. The molecule has 2 heterocycles. The van der Waals surface area contributed by atoms with Crippen molar-refractivity contribution in [1.82, 2.24) is 10.3 Å². The molecule has 1 aliphatic rings. The maximum Gasteiger partial charge on any atom is 0.254 e. The molecule has 1 unspecified atom stereocenters. The summed E-state index contributed by atoms with van der Waals surface area (Å²) in [7, 11) is 0. The maximum absolute atomic E-state index is 11.5. The van der Waals surface area contributed by atoms with Crippen molar-refractivity contribution in [1.29, 1.82) is 0 Å². The molecule has 5 nitrogen and oxygen atoms in total. The molecule has 1 aromatic heterocycles. The summed E-state index contributed by atoms with van der Waals surface area (Å²) in [6, 6.07) is 1.78. The number of ether oxygens (including phenoxy) is 1. The lowest BCUT2D eigenvalue weighted by atomic mass is 10.1. The number of nitrogens with two attached hydrogens (primary N) is 1. The number of aryl methyl sites for hydroxylation is 2. The van der Waals surface area contributed by atoms with Crippen molar-refractivity contribution >= 4 is 5.91 Å². The standard InChI is InChI=1S/C13H19N3O2/c1-8-6-11(12(13(14)17)9(2)16-8)18-10-4-3-5-15-7-10/h6,10,15H,3-5,7H2,1-2H3,(H2,14,17). The molecule has 0 aliphatic carbocycles. The highest BCUT2D eigenvalue weighted by atomic mass is 16.5. The summed E-state index contributed by atoms with van der Waals surface area (Å²) in [5.41, 5.74) is 7.25. The quantitative estimate of drug-likeness (QED) is 0.835. The van der Waals surface area contributed by atoms with Gasteiger partial charge in [0.2, 0.25) is 0 Å². The van der Waals surface area contributed by atoms with Crippen molar-refractivity contribution in [2.45, 2.75) is 32.8 Å². The van der Waals surface area contributed by atoms with Crippen molar-refractivity contribution < 1.29 is 9.53 Å². The number of primary amides is 1. The first-order valence-corrected chi connectivity index (χ1v) is 6.23. The molecule has 1 amide bonds. The van der Waals surface area contributed by atoms with Crippen molar-refractivity contribution in [2.75, 3.05) is 13.1 Å². The van der Waals surface area contributed by atoms with Gasteiger partial charge in [0, 0.05) is 18.3 Å². The van der Waals surface area contributed by atoms with Crippen LogP contribution in [0.5, 0.6) is 5.75 Å². The van der Waals surface area contributed by atoms with E-state index in [1.165, 1.54) is 0 Å². The normalized spacial score (nSPS) is 19.6. The summed E-state index contributed by atoms with van der Waals surface area (Å²) < 4.78 is 5.91. The molecule has 1 saturated heterocycles. The first kappa shape index (κ1) is 12.8. The van der Waals surface area contributed by atoms with Gasteiger partial charge < -0.3 is 15.8 Å². The summed E-state index contributed by atoms with van der Waals surface area (Å²) in [6.07, 6.45) is 2.17. The van der Waals surface area contributed by atoms with Crippen molar-refractivity contribution in [3.8, 4) is 5.75 Å². The van der Waals surface area contributed by atoms with Crippen LogP contribution in [-0.4, -0.2) is 30.1 Å². The number of hydrogen-bond acceptors (Lipinski definition) is 4. The molecule has 5 heteroatoms. The van der Waals surface area contributed by atoms with Crippen LogP contribution in [0.15, 0.2) is 6.07 Å². The molecule has 0 aromatic carbocycles. The van der Waals surface area contributed by atoms with Crippen molar-refractivity contribution in [3.63, 3.8) is 0 Å². The van der Waals surface area contributed by atoms with E-state index in [-0.39, 0.29) is 6.10 Å². The molecular weight excluding hydrogens is 230 g/mol. The zero-order valence-electron chi connectivity index (χ0n) is 10.8. The second-order valence-electron chi connectivity index (χ2n) is 4.67. The van der Waals surface area contributed by atoms with E-state index in [0.717, 1.165) is 31.6 Å². The van der Waals surface area contributed by atoms with E-state index >= 15 is 0 Å². The van der Waals surface area contributed by atoms with Gasteiger partial charge in [0.25, 0.3) is 5.91 Å². The Kier molecular flexibility index (Phi) is 3.81. The number of pyridine rings is 1. The number of aromatic nitrogens is 1. The summed E-state index contributed by atoms with van der Waals surface area (Å²) >= 11 is 0. The zero-order valence-corrected chi connectivity index (χ0v) is 10.8. The monoisotopic (exact) mass is 249 g/mol. The Balaban J connectivity index is 2.27. The van der Waals surface area contributed by atoms with E-state index in [1.807, 2.05) is 6.92 Å². The Bertz CT molecular complexity index is 454. The zero-order chi connectivity index (χ0) is 13.1. The van der Waals surface area contributed by atoms with Gasteiger partial charge in [-0.25, -0.2) is 0 Å². The van der Waals surface area contributed by atoms with Crippen LogP contribution >= 0.6 is 0 Å². The molecule has 3 N–H and O–H groups in total. The molecule has 0 bridgehead atoms. The van der Waals surface area contributed by atoms with Crippen LogP contribution in [0.4, 0.5) is 0 Å². The Morgan fingerprint density at radius 2 is 2.33 bits per heavy atom. The smallest absolute Gasteiger partial charge is 0.254 e. The maximum atomic E-state index is 11.5. The molecule has 0 spiro atoms. The SMILES string of the molecule is Cc1cc(OC2CCCNC2)c(C(N)=O)c(C)n1. The Hall–Kier alpha value is -1.62. The third kappa shape index (κ3) is 2.79. The van der Waals surface area contributed by atoms with Gasteiger partial charge in [-0.3, -0.25) is 9.78 Å². The van der Waals surface area contributed by atoms with Gasteiger partial charge in [-0.05, 0) is 33.2 Å². The van der Waals surface area contributed by atoms with Crippen molar-refractivity contribution in [2.24, 2.45) is 5.73 Å². The third-order valence-electron chi connectivity index (χ3n) is 3.08. The number of carbonyl (C=O) groups is 1. The fourth-order valence-corrected chi connectivity index (χ4v) is 2.29. The number of carbonyl (C=O) groups excluding carboxylic acids is 1. The number of nitrogens with one attached hydrogen (secondary N) is 1. The van der Waals surface area contributed by atoms with Gasteiger partial charge in [0.1, 0.15) is 17.4 Å². The van der Waals surface area contributed by atoms with Crippen molar-refractivity contribution in [3.05, 3.63) is 23.0 Å². The molecule has 18 heavy (non-hydrogen) atoms. The van der Waals surface area contributed by atoms with E-state index in [9.17, 15) is 4.79 Å². The van der Waals surface area contributed by atoms with Gasteiger partial charge in [-0.1, -0.05) is 0 Å². The van der Waals surface area contributed by atoms with E-state index in [4.69, 9.17) is 10.5 Å². The fraction of sp³-hybridized carbons (Fsp3) is 0.538. The molecule has 0 saturated carbocycles. The van der Waals surface area contributed by atoms with Crippen LogP contribution in [0.25, 0.3) is 0 Å². The summed E-state index contributed by atoms with van der Waals surface area (Å²) in [6.45, 7) is 5.48. The van der Waals surface area contributed by atoms with Gasteiger partial charge >= 0.3 is 0 Å². The van der Waals surface area contributed by atoms with Crippen LogP contribution in [0.1, 0.15) is 34.6 Å². The lowest BCUT2D eigenvalue weighted by Gasteiger charge is -2.25. The minimum atomic E-state index is -0.487. The fourth-order valence-electron chi connectivity index (χ4n) is 2.29. The topological polar surface area (TPSA) is 77.2 Å². The molecule has 0 radical (unpaired) electrons. The third-order valence-corrected chi connectivity index (χ3v) is 3.08. The molecule has 1 aromatic rings. The Morgan fingerprint density at radius 3 is 2.94 bits per heavy atom. The average molecular weight is 249 g/mol. The van der Waals surface area contributed by atoms with Gasteiger partial charge in [0.15, 0.2) is 0 Å². The molecular formula is C13H19N3O2. The van der Waals surface area contributed by atoms with Gasteiger partial charge in [-0.15, -0.1) is 0 Å². The summed E-state index contributed by atoms with van der Waals surface area (Å²) in [4.78, 5) is 15.7. The van der Waals surface area contributed by atoms with E-state index in [2.05, 4.69) is 10.3 Å². The summed E-state index contributed by atoms with van der Waals surface area (Å²) in [5.74, 6) is 0.0694. The van der Waals surface area contributed by atoms with Crippen LogP contribution in [0, 0.1) is 13.8 Å². The number of nitrogens with zero attached hydrogens (tertiary/aromatic N) is 1. The van der Waals surface area contributed by atoms with E-state index < -0.39 is 5.91 Å². The second-order valence-corrected chi connectivity index (χ2v) is 4.67. The predicted molar refractivity (Wildman–Crippen MR) is 68.7 cm³/mol.